The lowest BCUT2D eigenvalue weighted by atomic mass is 10.0. The van der Waals surface area contributed by atoms with Crippen LogP contribution in [0.15, 0.2) is 30.3 Å². The molecule has 1 rings (SSSR count). The summed E-state index contributed by atoms with van der Waals surface area (Å²) in [4.78, 5) is 0. The molecule has 0 radical (unpaired) electrons. The summed E-state index contributed by atoms with van der Waals surface area (Å²) in [7, 11) is 0. The second-order valence-electron chi connectivity index (χ2n) is 5.34. The molecule has 0 heterocycles. The normalized spacial score (nSPS) is 10.5. The van der Waals surface area contributed by atoms with Crippen LogP contribution < -0.4 is 10.6 Å². The molecule has 106 valence electrons. The first kappa shape index (κ1) is 16.0. The summed E-state index contributed by atoms with van der Waals surface area (Å²) in [6.45, 7) is 5.53. The first-order valence-electron chi connectivity index (χ1n) is 7.28. The molecule has 0 aliphatic heterocycles. The van der Waals surface area contributed by atoms with Gasteiger partial charge in [0.2, 0.25) is 0 Å². The largest absolute Gasteiger partial charge is 0.362 e. The zero-order valence-electron chi connectivity index (χ0n) is 12.1. The van der Waals surface area contributed by atoms with Gasteiger partial charge in [-0.15, -0.1) is 0 Å². The van der Waals surface area contributed by atoms with Crippen molar-refractivity contribution in [2.75, 3.05) is 11.9 Å². The zero-order chi connectivity index (χ0) is 13.9. The van der Waals surface area contributed by atoms with Crippen LogP contribution in [0, 0.1) is 5.92 Å². The Morgan fingerprint density at radius 2 is 1.74 bits per heavy atom. The Balaban J connectivity index is 1.99. The average Bonchev–Trinajstić information content (AvgIpc) is 2.38. The van der Waals surface area contributed by atoms with Crippen molar-refractivity contribution >= 4 is 23.0 Å². The van der Waals surface area contributed by atoms with Crippen molar-refractivity contribution in [2.24, 2.45) is 5.92 Å². The second kappa shape index (κ2) is 9.79. The highest BCUT2D eigenvalue weighted by atomic mass is 32.1. The molecule has 0 spiro atoms. The first-order chi connectivity index (χ1) is 9.18. The van der Waals surface area contributed by atoms with Gasteiger partial charge in [-0.1, -0.05) is 57.7 Å². The summed E-state index contributed by atoms with van der Waals surface area (Å²) < 4.78 is 0. The number of para-hydroxylation sites is 1. The molecule has 0 unspecified atom stereocenters. The lowest BCUT2D eigenvalue weighted by molar-refractivity contribution is 0.519. The maximum atomic E-state index is 5.25. The van der Waals surface area contributed by atoms with Gasteiger partial charge in [-0.2, -0.15) is 0 Å². The standard InChI is InChI=1S/C16H26N2S/c1-14(2)10-6-3-4-9-13-17-16(19)18-15-11-7-5-8-12-15/h5,7-8,11-12,14H,3-4,6,9-10,13H2,1-2H3,(H2,17,18,19). The van der Waals surface area contributed by atoms with Gasteiger partial charge in [-0.05, 0) is 36.7 Å². The molecule has 0 fully saturated rings. The van der Waals surface area contributed by atoms with E-state index in [0.717, 1.165) is 18.2 Å². The Hall–Kier alpha value is -1.09. The Kier molecular flexibility index (Phi) is 8.23. The van der Waals surface area contributed by atoms with Crippen LogP contribution in [0.5, 0.6) is 0 Å². The maximum Gasteiger partial charge on any atom is 0.170 e. The van der Waals surface area contributed by atoms with E-state index >= 15 is 0 Å². The van der Waals surface area contributed by atoms with Gasteiger partial charge in [0.25, 0.3) is 0 Å². The average molecular weight is 278 g/mol. The predicted octanol–water partition coefficient (Wildman–Crippen LogP) is 4.58. The van der Waals surface area contributed by atoms with Gasteiger partial charge in [-0.25, -0.2) is 0 Å². The minimum atomic E-state index is 0.716. The molecule has 2 N–H and O–H groups in total. The SMILES string of the molecule is CC(C)CCCCCCNC(=S)Nc1ccccc1. The fourth-order valence-corrected chi connectivity index (χ4v) is 2.15. The van der Waals surface area contributed by atoms with E-state index in [1.165, 1.54) is 32.1 Å². The molecule has 0 atom stereocenters. The highest BCUT2D eigenvalue weighted by Gasteiger charge is 1.97. The van der Waals surface area contributed by atoms with Crippen LogP contribution in [0.3, 0.4) is 0 Å². The van der Waals surface area contributed by atoms with Gasteiger partial charge < -0.3 is 10.6 Å². The first-order valence-corrected chi connectivity index (χ1v) is 7.69. The number of thiocarbonyl (C=S) groups is 1. The molecule has 2 nitrogen and oxygen atoms in total. The number of anilines is 1. The molecule has 0 saturated heterocycles. The van der Waals surface area contributed by atoms with Crippen LogP contribution in [0.25, 0.3) is 0 Å². The van der Waals surface area contributed by atoms with Crippen LogP contribution in [-0.2, 0) is 0 Å². The molecule has 0 aliphatic carbocycles. The molecule has 0 bridgehead atoms. The maximum absolute atomic E-state index is 5.25. The predicted molar refractivity (Wildman–Crippen MR) is 88.6 cm³/mol. The highest BCUT2D eigenvalue weighted by molar-refractivity contribution is 7.80. The van der Waals surface area contributed by atoms with E-state index in [2.05, 4.69) is 24.5 Å². The Morgan fingerprint density at radius 3 is 2.42 bits per heavy atom. The summed E-state index contributed by atoms with van der Waals surface area (Å²) in [5.41, 5.74) is 1.04. The second-order valence-corrected chi connectivity index (χ2v) is 5.75. The minimum absolute atomic E-state index is 0.716. The van der Waals surface area contributed by atoms with E-state index < -0.39 is 0 Å². The van der Waals surface area contributed by atoms with Crippen molar-refractivity contribution in [1.29, 1.82) is 0 Å². The molecule has 0 aromatic heterocycles. The fraction of sp³-hybridized carbons (Fsp3) is 0.562. The van der Waals surface area contributed by atoms with E-state index in [-0.39, 0.29) is 0 Å². The van der Waals surface area contributed by atoms with Crippen LogP contribution in [0.1, 0.15) is 46.0 Å². The highest BCUT2D eigenvalue weighted by Crippen LogP contribution is 2.09. The Morgan fingerprint density at radius 1 is 1.05 bits per heavy atom. The Bertz CT molecular complexity index is 349. The fourth-order valence-electron chi connectivity index (χ4n) is 1.93. The molecule has 0 aliphatic rings. The summed E-state index contributed by atoms with van der Waals surface area (Å²) in [6, 6.07) is 10.0. The third kappa shape index (κ3) is 8.60. The van der Waals surface area contributed by atoms with Crippen molar-refractivity contribution in [3.63, 3.8) is 0 Å². The molecular formula is C16H26N2S. The Labute approximate surface area is 123 Å². The van der Waals surface area contributed by atoms with Crippen LogP contribution in [-0.4, -0.2) is 11.7 Å². The topological polar surface area (TPSA) is 24.1 Å². The summed E-state index contributed by atoms with van der Waals surface area (Å²) >= 11 is 5.25. The minimum Gasteiger partial charge on any atom is -0.362 e. The zero-order valence-corrected chi connectivity index (χ0v) is 12.9. The smallest absolute Gasteiger partial charge is 0.170 e. The van der Waals surface area contributed by atoms with E-state index in [1.807, 2.05) is 30.3 Å². The van der Waals surface area contributed by atoms with Crippen LogP contribution in [0.2, 0.25) is 0 Å². The quantitative estimate of drug-likeness (QED) is 0.537. The van der Waals surface area contributed by atoms with Crippen molar-refractivity contribution in [1.82, 2.24) is 5.32 Å². The van der Waals surface area contributed by atoms with Crippen LogP contribution in [0.4, 0.5) is 5.69 Å². The van der Waals surface area contributed by atoms with E-state index in [1.54, 1.807) is 0 Å². The molecule has 19 heavy (non-hydrogen) atoms. The van der Waals surface area contributed by atoms with Crippen molar-refractivity contribution in [3.05, 3.63) is 30.3 Å². The van der Waals surface area contributed by atoms with Crippen molar-refractivity contribution in [3.8, 4) is 0 Å². The number of benzene rings is 1. The number of nitrogens with one attached hydrogen (secondary N) is 2. The summed E-state index contributed by atoms with van der Waals surface area (Å²) in [6.07, 6.45) is 6.51. The summed E-state index contributed by atoms with van der Waals surface area (Å²) in [5.74, 6) is 0.834. The lowest BCUT2D eigenvalue weighted by Crippen LogP contribution is -2.29. The van der Waals surface area contributed by atoms with E-state index in [9.17, 15) is 0 Å². The number of rotatable bonds is 8. The van der Waals surface area contributed by atoms with Gasteiger partial charge in [0, 0.05) is 12.2 Å². The molecule has 1 aromatic carbocycles. The van der Waals surface area contributed by atoms with Gasteiger partial charge >= 0.3 is 0 Å². The summed E-state index contributed by atoms with van der Waals surface area (Å²) in [5, 5.41) is 7.15. The molecular weight excluding hydrogens is 252 g/mol. The molecule has 0 amide bonds. The number of hydrogen-bond donors (Lipinski definition) is 2. The lowest BCUT2D eigenvalue weighted by Gasteiger charge is -2.10. The number of hydrogen-bond acceptors (Lipinski definition) is 1. The van der Waals surface area contributed by atoms with E-state index in [4.69, 9.17) is 12.2 Å². The number of unbranched alkanes of at least 4 members (excludes halogenated alkanes) is 3. The third-order valence-electron chi connectivity index (χ3n) is 3.03. The molecule has 3 heteroatoms. The third-order valence-corrected chi connectivity index (χ3v) is 3.27. The molecule has 0 saturated carbocycles. The van der Waals surface area contributed by atoms with Crippen LogP contribution >= 0.6 is 12.2 Å². The molecule has 1 aromatic rings. The van der Waals surface area contributed by atoms with Crippen molar-refractivity contribution in [2.45, 2.75) is 46.0 Å². The van der Waals surface area contributed by atoms with Gasteiger partial charge in [-0.3, -0.25) is 0 Å². The van der Waals surface area contributed by atoms with Crippen molar-refractivity contribution < 1.29 is 0 Å². The van der Waals surface area contributed by atoms with Gasteiger partial charge in [0.15, 0.2) is 5.11 Å². The van der Waals surface area contributed by atoms with Gasteiger partial charge in [0.05, 0.1) is 0 Å². The van der Waals surface area contributed by atoms with Gasteiger partial charge in [0.1, 0.15) is 0 Å². The monoisotopic (exact) mass is 278 g/mol. The van der Waals surface area contributed by atoms with E-state index in [0.29, 0.717) is 5.11 Å².